The van der Waals surface area contributed by atoms with Gasteiger partial charge in [0.15, 0.2) is 6.10 Å². The summed E-state index contributed by atoms with van der Waals surface area (Å²) < 4.78 is 34.0. The molecule has 0 aromatic rings. The van der Waals surface area contributed by atoms with Crippen LogP contribution < -0.4 is 4.89 Å². The Kier molecular flexibility index (Phi) is 46.3. The number of allylic oxidation sites excluding steroid dienone is 18. The lowest BCUT2D eigenvalue weighted by atomic mass is 10.0. The van der Waals surface area contributed by atoms with Crippen LogP contribution in [0.4, 0.5) is 0 Å². The summed E-state index contributed by atoms with van der Waals surface area (Å²) in [5.74, 6) is -0.908. The Morgan fingerprint density at radius 1 is 0.471 bits per heavy atom. The Morgan fingerprint density at radius 2 is 0.838 bits per heavy atom. The highest BCUT2D eigenvalue weighted by atomic mass is 31.2. The fourth-order valence-corrected chi connectivity index (χ4v) is 7.44. The standard InChI is InChI=1S/C58H98NO8P/c1-6-8-10-12-14-16-18-20-22-23-24-25-26-27-28-29-30-31-32-33-34-35-37-39-41-43-45-47-49-51-58(61)67-56(55-66-68(62,63)65-53-52-59(3,4)5)54-64-57(60)50-48-46-44-42-40-38-36-21-19-17-15-13-11-9-7-2/h8,10,14,16,20,22,24-25,27-28,30-31,33-34,37,39,43,45,56H,6-7,9,11-13,15,17-19,21,23,26,29,32,35-36,38,40-42,44,46-55H2,1-5H3/b10-8-,16-14-,22-20-,25-24-,28-27-,31-30-,34-33-,39-37-,45-43-. The molecule has 68 heavy (non-hydrogen) atoms. The number of likely N-dealkylation sites (N-methyl/N-ethyl adjacent to an activating group) is 1. The highest BCUT2D eigenvalue weighted by Crippen LogP contribution is 2.38. The van der Waals surface area contributed by atoms with Crippen molar-refractivity contribution in [3.8, 4) is 0 Å². The molecule has 2 unspecified atom stereocenters. The number of quaternary nitrogens is 1. The number of carbonyl (C=O) groups is 2. The van der Waals surface area contributed by atoms with Gasteiger partial charge in [-0.25, -0.2) is 0 Å². The summed E-state index contributed by atoms with van der Waals surface area (Å²) in [5, 5.41) is 0. The second-order valence-electron chi connectivity index (χ2n) is 18.5. The molecule has 0 saturated heterocycles. The number of esters is 2. The molecule has 0 N–H and O–H groups in total. The molecular formula is C58H98NO8P. The van der Waals surface area contributed by atoms with E-state index in [0.717, 1.165) is 77.0 Å². The second-order valence-corrected chi connectivity index (χ2v) is 19.9. The minimum Gasteiger partial charge on any atom is -0.756 e. The van der Waals surface area contributed by atoms with E-state index in [-0.39, 0.29) is 26.1 Å². The molecule has 0 heterocycles. The van der Waals surface area contributed by atoms with E-state index in [4.69, 9.17) is 18.5 Å². The molecule has 388 valence electrons. The molecule has 0 spiro atoms. The molecule has 0 aliphatic rings. The smallest absolute Gasteiger partial charge is 0.306 e. The first-order valence-electron chi connectivity index (χ1n) is 26.6. The summed E-state index contributed by atoms with van der Waals surface area (Å²) in [5.41, 5.74) is 0. The van der Waals surface area contributed by atoms with Gasteiger partial charge in [-0.05, 0) is 77.0 Å². The van der Waals surface area contributed by atoms with E-state index in [0.29, 0.717) is 23.9 Å². The molecule has 0 aromatic heterocycles. The van der Waals surface area contributed by atoms with Gasteiger partial charge in [0.2, 0.25) is 0 Å². The van der Waals surface area contributed by atoms with Crippen molar-refractivity contribution in [1.82, 2.24) is 0 Å². The minimum atomic E-state index is -4.65. The molecule has 0 aromatic carbocycles. The Morgan fingerprint density at radius 3 is 1.24 bits per heavy atom. The van der Waals surface area contributed by atoms with Crippen LogP contribution in [0.15, 0.2) is 109 Å². The average molecular weight is 968 g/mol. The van der Waals surface area contributed by atoms with Crippen LogP contribution in [0.3, 0.4) is 0 Å². The first-order chi connectivity index (χ1) is 33.0. The van der Waals surface area contributed by atoms with Gasteiger partial charge in [0.05, 0.1) is 27.7 Å². The van der Waals surface area contributed by atoms with Crippen molar-refractivity contribution in [3.05, 3.63) is 109 Å². The lowest BCUT2D eigenvalue weighted by molar-refractivity contribution is -0.870. The average Bonchev–Trinajstić information content (AvgIpc) is 3.30. The van der Waals surface area contributed by atoms with Crippen LogP contribution >= 0.6 is 7.82 Å². The van der Waals surface area contributed by atoms with E-state index in [1.807, 2.05) is 27.2 Å². The number of hydrogen-bond donors (Lipinski definition) is 0. The first kappa shape index (κ1) is 64.7. The fourth-order valence-electron chi connectivity index (χ4n) is 6.71. The molecule has 0 rings (SSSR count). The monoisotopic (exact) mass is 968 g/mol. The fraction of sp³-hybridized carbons (Fsp3) is 0.655. The van der Waals surface area contributed by atoms with Gasteiger partial charge >= 0.3 is 11.9 Å². The van der Waals surface area contributed by atoms with Gasteiger partial charge in [-0.2, -0.15) is 0 Å². The van der Waals surface area contributed by atoms with Crippen molar-refractivity contribution >= 4 is 19.8 Å². The van der Waals surface area contributed by atoms with Crippen LogP contribution in [0, 0.1) is 0 Å². The molecule has 2 atom stereocenters. The summed E-state index contributed by atoms with van der Waals surface area (Å²) in [7, 11) is 1.12. The largest absolute Gasteiger partial charge is 0.756 e. The van der Waals surface area contributed by atoms with E-state index >= 15 is 0 Å². The van der Waals surface area contributed by atoms with Crippen LogP contribution in [0.1, 0.15) is 194 Å². The highest BCUT2D eigenvalue weighted by molar-refractivity contribution is 7.45. The first-order valence-corrected chi connectivity index (χ1v) is 28.1. The molecular weight excluding hydrogens is 870 g/mol. The zero-order chi connectivity index (χ0) is 49.9. The quantitative estimate of drug-likeness (QED) is 0.0195. The van der Waals surface area contributed by atoms with Gasteiger partial charge in [0.25, 0.3) is 7.82 Å². The summed E-state index contributed by atoms with van der Waals surface area (Å²) in [6, 6.07) is 0. The predicted molar refractivity (Wildman–Crippen MR) is 286 cm³/mol. The van der Waals surface area contributed by atoms with Gasteiger partial charge in [0, 0.05) is 12.8 Å². The van der Waals surface area contributed by atoms with Crippen LogP contribution in [-0.4, -0.2) is 70.0 Å². The number of hydrogen-bond acceptors (Lipinski definition) is 8. The van der Waals surface area contributed by atoms with Gasteiger partial charge in [-0.1, -0.05) is 213 Å². The number of unbranched alkanes of at least 4 members (excludes halogenated alkanes) is 15. The maximum absolute atomic E-state index is 12.7. The van der Waals surface area contributed by atoms with Crippen molar-refractivity contribution in [2.24, 2.45) is 0 Å². The van der Waals surface area contributed by atoms with Crippen LogP contribution in [0.25, 0.3) is 0 Å². The Hall–Kier alpha value is -3.33. The molecule has 0 fully saturated rings. The Balaban J connectivity index is 4.36. The number of ether oxygens (including phenoxy) is 2. The van der Waals surface area contributed by atoms with Crippen molar-refractivity contribution in [2.45, 2.75) is 200 Å². The number of phosphoric ester groups is 1. The topological polar surface area (TPSA) is 111 Å². The zero-order valence-corrected chi connectivity index (χ0v) is 44.7. The van der Waals surface area contributed by atoms with E-state index in [9.17, 15) is 19.0 Å². The number of rotatable bonds is 47. The van der Waals surface area contributed by atoms with Crippen LogP contribution in [0.2, 0.25) is 0 Å². The third-order valence-corrected chi connectivity index (χ3v) is 11.8. The maximum Gasteiger partial charge on any atom is 0.306 e. The normalized spacial score (nSPS) is 14.3. The van der Waals surface area contributed by atoms with Gasteiger partial charge in [0.1, 0.15) is 19.8 Å². The third kappa shape index (κ3) is 52.0. The van der Waals surface area contributed by atoms with Gasteiger partial charge < -0.3 is 27.9 Å². The summed E-state index contributed by atoms with van der Waals surface area (Å²) in [4.78, 5) is 37.7. The lowest BCUT2D eigenvalue weighted by Crippen LogP contribution is -2.37. The van der Waals surface area contributed by atoms with E-state index in [1.165, 1.54) is 77.0 Å². The van der Waals surface area contributed by atoms with Crippen LogP contribution in [-0.2, 0) is 32.7 Å². The number of phosphoric acid groups is 1. The molecule has 0 saturated carbocycles. The zero-order valence-electron chi connectivity index (χ0n) is 43.8. The highest BCUT2D eigenvalue weighted by Gasteiger charge is 2.21. The maximum atomic E-state index is 12.7. The summed E-state index contributed by atoms with van der Waals surface area (Å²) in [6.45, 7) is 4.04. The van der Waals surface area contributed by atoms with E-state index < -0.39 is 32.5 Å². The molecule has 0 amide bonds. The predicted octanol–water partition coefficient (Wildman–Crippen LogP) is 15.6. The third-order valence-electron chi connectivity index (χ3n) is 10.8. The molecule has 0 radical (unpaired) electrons. The second kappa shape index (κ2) is 48.7. The lowest BCUT2D eigenvalue weighted by Gasteiger charge is -2.28. The van der Waals surface area contributed by atoms with Crippen molar-refractivity contribution in [3.63, 3.8) is 0 Å². The molecule has 0 aliphatic heterocycles. The Bertz CT molecular complexity index is 1520. The van der Waals surface area contributed by atoms with Crippen molar-refractivity contribution < 1.29 is 42.1 Å². The summed E-state index contributed by atoms with van der Waals surface area (Å²) in [6.07, 6.45) is 67.0. The SMILES string of the molecule is CC/C=C\C/C=C\C/C=C\C/C=C\C/C=C\C/C=C\C/C=C\C/C=C\C/C=C\CCCC(=O)OC(COC(=O)CCCCCCCCCCCCCCCCC)COP(=O)([O-])OCC[N+](C)(C)C. The van der Waals surface area contributed by atoms with E-state index in [1.54, 1.807) is 0 Å². The van der Waals surface area contributed by atoms with Crippen molar-refractivity contribution in [2.75, 3.05) is 47.5 Å². The summed E-state index contributed by atoms with van der Waals surface area (Å²) >= 11 is 0. The molecule has 0 bridgehead atoms. The molecule has 10 heteroatoms. The van der Waals surface area contributed by atoms with E-state index in [2.05, 4.69) is 117 Å². The molecule has 9 nitrogen and oxygen atoms in total. The molecule has 0 aliphatic carbocycles. The van der Waals surface area contributed by atoms with Gasteiger partial charge in [-0.15, -0.1) is 0 Å². The minimum absolute atomic E-state index is 0.0466. The van der Waals surface area contributed by atoms with Crippen LogP contribution in [0.5, 0.6) is 0 Å². The Labute approximate surface area is 416 Å². The van der Waals surface area contributed by atoms with Crippen molar-refractivity contribution in [1.29, 1.82) is 0 Å². The number of nitrogens with zero attached hydrogens (tertiary/aromatic N) is 1. The number of carbonyl (C=O) groups excluding carboxylic acids is 2. The van der Waals surface area contributed by atoms with Gasteiger partial charge in [-0.3, -0.25) is 14.2 Å².